The number of hydrogen-bond donors (Lipinski definition) is 1. The smallest absolute Gasteiger partial charge is 0.242 e. The molecular weight excluding hydrogens is 212 g/mol. The van der Waals surface area contributed by atoms with E-state index in [2.05, 4.69) is 12.6 Å². The maximum atomic E-state index is 11.7. The highest BCUT2D eigenvalue weighted by Gasteiger charge is 2.22. The van der Waals surface area contributed by atoms with Crippen LogP contribution in [0.15, 0.2) is 0 Å². The SMILES string of the molecule is CC(S)C(=O)N(C)CC(=O)N1CCCC1. The Morgan fingerprint density at radius 2 is 1.93 bits per heavy atom. The van der Waals surface area contributed by atoms with Crippen LogP contribution in [0.5, 0.6) is 0 Å². The molecule has 0 bridgehead atoms. The summed E-state index contributed by atoms with van der Waals surface area (Å²) in [4.78, 5) is 26.4. The van der Waals surface area contributed by atoms with Crippen LogP contribution in [-0.4, -0.2) is 53.5 Å². The fourth-order valence-electron chi connectivity index (χ4n) is 1.67. The summed E-state index contributed by atoms with van der Waals surface area (Å²) in [5, 5.41) is -0.346. The Morgan fingerprint density at radius 3 is 2.40 bits per heavy atom. The molecule has 86 valence electrons. The van der Waals surface area contributed by atoms with Crippen LogP contribution in [0.3, 0.4) is 0 Å². The standard InChI is InChI=1S/C10H18N2O2S/c1-8(15)10(14)11(2)7-9(13)12-5-3-4-6-12/h8,15H,3-7H2,1-2H3. The third-order valence-electron chi connectivity index (χ3n) is 2.56. The number of carbonyl (C=O) groups excluding carboxylic acids is 2. The van der Waals surface area contributed by atoms with Crippen LogP contribution in [-0.2, 0) is 9.59 Å². The predicted octanol–water partition coefficient (Wildman–Crippen LogP) is 0.385. The van der Waals surface area contributed by atoms with Gasteiger partial charge < -0.3 is 9.80 Å². The van der Waals surface area contributed by atoms with Crippen LogP contribution in [0.25, 0.3) is 0 Å². The van der Waals surface area contributed by atoms with Gasteiger partial charge in [0.1, 0.15) is 0 Å². The summed E-state index contributed by atoms with van der Waals surface area (Å²) in [6, 6.07) is 0. The number of likely N-dealkylation sites (tertiary alicyclic amines) is 1. The maximum absolute atomic E-state index is 11.7. The lowest BCUT2D eigenvalue weighted by Gasteiger charge is -2.22. The van der Waals surface area contributed by atoms with Gasteiger partial charge in [-0.25, -0.2) is 0 Å². The average Bonchev–Trinajstić information content (AvgIpc) is 2.68. The second-order valence-corrected chi connectivity index (χ2v) is 4.73. The van der Waals surface area contributed by atoms with Gasteiger partial charge in [0, 0.05) is 20.1 Å². The lowest BCUT2D eigenvalue weighted by atomic mass is 10.4. The molecule has 2 amide bonds. The molecule has 1 rings (SSSR count). The van der Waals surface area contributed by atoms with E-state index in [0.717, 1.165) is 25.9 Å². The van der Waals surface area contributed by atoms with Gasteiger partial charge in [0.2, 0.25) is 11.8 Å². The number of rotatable bonds is 3. The first-order chi connectivity index (χ1) is 7.02. The average molecular weight is 230 g/mol. The van der Waals surface area contributed by atoms with E-state index in [1.165, 1.54) is 4.90 Å². The van der Waals surface area contributed by atoms with Crippen LogP contribution >= 0.6 is 12.6 Å². The lowest BCUT2D eigenvalue weighted by Crippen LogP contribution is -2.41. The van der Waals surface area contributed by atoms with Gasteiger partial charge in [-0.15, -0.1) is 0 Å². The lowest BCUT2D eigenvalue weighted by molar-refractivity contribution is -0.138. The summed E-state index contributed by atoms with van der Waals surface area (Å²) in [6.45, 7) is 3.54. The molecule has 0 aromatic heterocycles. The Bertz CT molecular complexity index is 250. The van der Waals surface area contributed by atoms with Gasteiger partial charge in [0.15, 0.2) is 0 Å². The molecule has 1 fully saturated rings. The highest BCUT2D eigenvalue weighted by Crippen LogP contribution is 2.08. The molecule has 0 saturated carbocycles. The zero-order chi connectivity index (χ0) is 11.4. The van der Waals surface area contributed by atoms with E-state index < -0.39 is 0 Å². The molecule has 0 radical (unpaired) electrons. The molecule has 1 aliphatic heterocycles. The molecule has 1 saturated heterocycles. The van der Waals surface area contributed by atoms with Crippen molar-refractivity contribution in [2.45, 2.75) is 25.0 Å². The van der Waals surface area contributed by atoms with Crippen molar-refractivity contribution >= 4 is 24.4 Å². The van der Waals surface area contributed by atoms with Crippen LogP contribution in [0.2, 0.25) is 0 Å². The highest BCUT2D eigenvalue weighted by molar-refractivity contribution is 7.81. The second-order valence-electron chi connectivity index (χ2n) is 3.96. The molecule has 0 aromatic rings. The van der Waals surface area contributed by atoms with Gasteiger partial charge in [-0.1, -0.05) is 0 Å². The van der Waals surface area contributed by atoms with Crippen molar-refractivity contribution in [1.29, 1.82) is 0 Å². The summed E-state index contributed by atoms with van der Waals surface area (Å²) in [5.41, 5.74) is 0. The summed E-state index contributed by atoms with van der Waals surface area (Å²) >= 11 is 4.05. The van der Waals surface area contributed by atoms with Crippen LogP contribution in [0.1, 0.15) is 19.8 Å². The quantitative estimate of drug-likeness (QED) is 0.712. The van der Waals surface area contributed by atoms with Gasteiger partial charge >= 0.3 is 0 Å². The molecular formula is C10H18N2O2S. The third-order valence-corrected chi connectivity index (χ3v) is 2.79. The summed E-state index contributed by atoms with van der Waals surface area (Å²) < 4.78 is 0. The van der Waals surface area contributed by atoms with Crippen molar-refractivity contribution in [2.75, 3.05) is 26.7 Å². The van der Waals surface area contributed by atoms with Crippen LogP contribution in [0.4, 0.5) is 0 Å². The van der Waals surface area contributed by atoms with Crippen molar-refractivity contribution in [2.24, 2.45) is 0 Å². The first-order valence-electron chi connectivity index (χ1n) is 5.23. The van der Waals surface area contributed by atoms with E-state index in [0.29, 0.717) is 0 Å². The van der Waals surface area contributed by atoms with Crippen LogP contribution in [0, 0.1) is 0 Å². The van der Waals surface area contributed by atoms with Gasteiger partial charge in [-0.2, -0.15) is 12.6 Å². The molecule has 15 heavy (non-hydrogen) atoms. The highest BCUT2D eigenvalue weighted by atomic mass is 32.1. The fraction of sp³-hybridized carbons (Fsp3) is 0.800. The fourth-order valence-corrected chi connectivity index (χ4v) is 1.86. The third kappa shape index (κ3) is 3.41. The Morgan fingerprint density at radius 1 is 1.40 bits per heavy atom. The number of likely N-dealkylation sites (N-methyl/N-ethyl adjacent to an activating group) is 1. The van der Waals surface area contributed by atoms with Crippen molar-refractivity contribution in [1.82, 2.24) is 9.80 Å². The van der Waals surface area contributed by atoms with E-state index in [-0.39, 0.29) is 23.6 Å². The zero-order valence-electron chi connectivity index (χ0n) is 9.27. The number of thiol groups is 1. The van der Waals surface area contributed by atoms with Gasteiger partial charge in [0.25, 0.3) is 0 Å². The first-order valence-corrected chi connectivity index (χ1v) is 5.75. The minimum absolute atomic E-state index is 0.0392. The summed E-state index contributed by atoms with van der Waals surface area (Å²) in [6.07, 6.45) is 2.15. The van der Waals surface area contributed by atoms with Gasteiger partial charge in [0.05, 0.1) is 11.8 Å². The molecule has 5 heteroatoms. The molecule has 0 spiro atoms. The monoisotopic (exact) mass is 230 g/mol. The molecule has 1 heterocycles. The molecule has 4 nitrogen and oxygen atoms in total. The minimum Gasteiger partial charge on any atom is -0.341 e. The van der Waals surface area contributed by atoms with Crippen LogP contribution < -0.4 is 0 Å². The molecule has 1 unspecified atom stereocenters. The maximum Gasteiger partial charge on any atom is 0.242 e. The molecule has 0 aliphatic carbocycles. The van der Waals surface area contributed by atoms with E-state index in [4.69, 9.17) is 0 Å². The Hall–Kier alpha value is -0.710. The van der Waals surface area contributed by atoms with E-state index in [1.54, 1.807) is 14.0 Å². The predicted molar refractivity (Wildman–Crippen MR) is 61.9 cm³/mol. The zero-order valence-corrected chi connectivity index (χ0v) is 10.2. The van der Waals surface area contributed by atoms with E-state index in [9.17, 15) is 9.59 Å². The Labute approximate surface area is 96.0 Å². The van der Waals surface area contributed by atoms with E-state index >= 15 is 0 Å². The van der Waals surface area contributed by atoms with Gasteiger partial charge in [-0.3, -0.25) is 9.59 Å². The topological polar surface area (TPSA) is 40.6 Å². The van der Waals surface area contributed by atoms with Crippen molar-refractivity contribution in [3.05, 3.63) is 0 Å². The summed E-state index contributed by atoms with van der Waals surface area (Å²) in [7, 11) is 1.64. The second kappa shape index (κ2) is 5.39. The Kier molecular flexibility index (Phi) is 4.45. The number of amides is 2. The van der Waals surface area contributed by atoms with Crippen molar-refractivity contribution < 1.29 is 9.59 Å². The molecule has 1 atom stereocenters. The largest absolute Gasteiger partial charge is 0.341 e. The van der Waals surface area contributed by atoms with Gasteiger partial charge in [-0.05, 0) is 19.8 Å². The Balaban J connectivity index is 2.40. The molecule has 0 aromatic carbocycles. The number of carbonyl (C=O) groups is 2. The van der Waals surface area contributed by atoms with E-state index in [1.807, 2.05) is 4.90 Å². The summed E-state index contributed by atoms with van der Waals surface area (Å²) in [5.74, 6) is -0.0665. The van der Waals surface area contributed by atoms with Crippen molar-refractivity contribution in [3.63, 3.8) is 0 Å². The molecule has 1 aliphatic rings. The normalized spacial score (nSPS) is 17.7. The van der Waals surface area contributed by atoms with Crippen molar-refractivity contribution in [3.8, 4) is 0 Å². The first kappa shape index (κ1) is 12.4. The molecule has 0 N–H and O–H groups in total. The number of nitrogens with zero attached hydrogens (tertiary/aromatic N) is 2. The number of hydrogen-bond acceptors (Lipinski definition) is 3. The minimum atomic E-state index is -0.346.